The number of aliphatic carboxylic acids is 1. The summed E-state index contributed by atoms with van der Waals surface area (Å²) in [6.45, 7) is 3.08. The standard InChI is InChI=1S/C19H25N3O3.C2HF3O2/c23-17(15-5-1-2-10-20-15)22-13-8-19(9-14-22)7-6-16(25-19)18(24)21-11-3-4-12-21;3-2(4,5)1(6)7/h1-2,5,10,16H,3-4,6-9,11-14H2;(H,6,7). The second kappa shape index (κ2) is 9.85. The van der Waals surface area contributed by atoms with Crippen LogP contribution in [-0.2, 0) is 14.3 Å². The van der Waals surface area contributed by atoms with E-state index in [-0.39, 0.29) is 23.5 Å². The van der Waals surface area contributed by atoms with Crippen molar-refractivity contribution in [1.29, 1.82) is 0 Å². The van der Waals surface area contributed by atoms with Gasteiger partial charge in [0.05, 0.1) is 5.60 Å². The topological polar surface area (TPSA) is 100 Å². The highest BCUT2D eigenvalue weighted by atomic mass is 19.4. The number of rotatable bonds is 2. The highest BCUT2D eigenvalue weighted by Crippen LogP contribution is 2.39. The quantitative estimate of drug-likeness (QED) is 0.733. The average Bonchev–Trinajstić information content (AvgIpc) is 3.45. The molecule has 0 aliphatic carbocycles. The number of carboxylic acids is 1. The molecule has 0 saturated carbocycles. The summed E-state index contributed by atoms with van der Waals surface area (Å²) in [6, 6.07) is 5.40. The molecule has 0 radical (unpaired) electrons. The van der Waals surface area contributed by atoms with E-state index in [4.69, 9.17) is 14.6 Å². The monoisotopic (exact) mass is 457 g/mol. The summed E-state index contributed by atoms with van der Waals surface area (Å²) in [5.74, 6) is -2.60. The molecule has 2 amide bonds. The van der Waals surface area contributed by atoms with Crippen LogP contribution in [0.15, 0.2) is 24.4 Å². The van der Waals surface area contributed by atoms with E-state index >= 15 is 0 Å². The molecule has 11 heteroatoms. The second-order valence-corrected chi connectivity index (χ2v) is 8.17. The van der Waals surface area contributed by atoms with Gasteiger partial charge in [-0.25, -0.2) is 4.79 Å². The van der Waals surface area contributed by atoms with Crippen molar-refractivity contribution in [3.63, 3.8) is 0 Å². The molecule has 4 rings (SSSR count). The van der Waals surface area contributed by atoms with E-state index in [1.807, 2.05) is 21.9 Å². The molecule has 4 heterocycles. The molecule has 1 spiro atoms. The van der Waals surface area contributed by atoms with Crippen molar-refractivity contribution < 1.29 is 37.4 Å². The molecule has 1 unspecified atom stereocenters. The van der Waals surface area contributed by atoms with Gasteiger partial charge < -0.3 is 19.6 Å². The number of amides is 2. The van der Waals surface area contributed by atoms with E-state index in [0.29, 0.717) is 18.8 Å². The first-order valence-electron chi connectivity index (χ1n) is 10.6. The van der Waals surface area contributed by atoms with Crippen molar-refractivity contribution in [2.24, 2.45) is 0 Å². The van der Waals surface area contributed by atoms with Crippen LogP contribution in [-0.4, -0.2) is 81.7 Å². The molecular weight excluding hydrogens is 431 g/mol. The smallest absolute Gasteiger partial charge is 0.475 e. The van der Waals surface area contributed by atoms with Crippen molar-refractivity contribution in [2.75, 3.05) is 26.2 Å². The zero-order valence-electron chi connectivity index (χ0n) is 17.5. The summed E-state index contributed by atoms with van der Waals surface area (Å²) in [6.07, 6.45) is 1.82. The molecule has 3 saturated heterocycles. The number of carbonyl (C=O) groups is 3. The van der Waals surface area contributed by atoms with Gasteiger partial charge >= 0.3 is 12.1 Å². The molecule has 3 fully saturated rings. The van der Waals surface area contributed by atoms with Crippen molar-refractivity contribution in [3.05, 3.63) is 30.1 Å². The third-order valence-corrected chi connectivity index (χ3v) is 6.04. The van der Waals surface area contributed by atoms with Crippen LogP contribution in [0.5, 0.6) is 0 Å². The number of halogens is 3. The molecule has 1 aromatic heterocycles. The van der Waals surface area contributed by atoms with Crippen LogP contribution in [0, 0.1) is 0 Å². The highest BCUT2D eigenvalue weighted by molar-refractivity contribution is 5.92. The van der Waals surface area contributed by atoms with Gasteiger partial charge in [0, 0.05) is 32.4 Å². The Morgan fingerprint density at radius 1 is 1.03 bits per heavy atom. The fourth-order valence-corrected chi connectivity index (χ4v) is 4.27. The minimum Gasteiger partial charge on any atom is -0.475 e. The van der Waals surface area contributed by atoms with E-state index in [9.17, 15) is 22.8 Å². The Morgan fingerprint density at radius 3 is 2.19 bits per heavy atom. The first-order valence-corrected chi connectivity index (χ1v) is 10.6. The zero-order chi connectivity index (χ0) is 23.4. The molecule has 0 bridgehead atoms. The summed E-state index contributed by atoms with van der Waals surface area (Å²) in [4.78, 5) is 41.9. The summed E-state index contributed by atoms with van der Waals surface area (Å²) < 4.78 is 38.0. The number of alkyl halides is 3. The van der Waals surface area contributed by atoms with E-state index < -0.39 is 12.1 Å². The van der Waals surface area contributed by atoms with E-state index in [1.54, 1.807) is 12.3 Å². The van der Waals surface area contributed by atoms with Gasteiger partial charge in [0.15, 0.2) is 0 Å². The van der Waals surface area contributed by atoms with Crippen molar-refractivity contribution in [2.45, 2.75) is 56.4 Å². The van der Waals surface area contributed by atoms with Crippen molar-refractivity contribution in [1.82, 2.24) is 14.8 Å². The van der Waals surface area contributed by atoms with Gasteiger partial charge in [-0.05, 0) is 50.7 Å². The number of pyridine rings is 1. The lowest BCUT2D eigenvalue weighted by Gasteiger charge is -2.39. The largest absolute Gasteiger partial charge is 0.490 e. The normalized spacial score (nSPS) is 22.4. The maximum Gasteiger partial charge on any atom is 0.490 e. The second-order valence-electron chi connectivity index (χ2n) is 8.17. The first-order chi connectivity index (χ1) is 15.1. The van der Waals surface area contributed by atoms with Crippen LogP contribution < -0.4 is 0 Å². The minimum atomic E-state index is -5.08. The van der Waals surface area contributed by atoms with Gasteiger partial charge in [0.1, 0.15) is 11.8 Å². The van der Waals surface area contributed by atoms with Crippen LogP contribution in [0.3, 0.4) is 0 Å². The lowest BCUT2D eigenvalue weighted by Crippen LogP contribution is -2.48. The van der Waals surface area contributed by atoms with Crippen LogP contribution in [0.4, 0.5) is 13.2 Å². The third kappa shape index (κ3) is 5.76. The molecule has 8 nitrogen and oxygen atoms in total. The van der Waals surface area contributed by atoms with Crippen LogP contribution in [0.2, 0.25) is 0 Å². The Labute approximate surface area is 183 Å². The SMILES string of the molecule is O=C(O)C(F)(F)F.O=C(c1ccccn1)N1CCC2(CCC(C(=O)N3CCCC3)O2)CC1. The van der Waals surface area contributed by atoms with Gasteiger partial charge in [0.25, 0.3) is 11.8 Å². The summed E-state index contributed by atoms with van der Waals surface area (Å²) in [5.41, 5.74) is 0.272. The fraction of sp³-hybridized carbons (Fsp3) is 0.619. The lowest BCUT2D eigenvalue weighted by molar-refractivity contribution is -0.192. The highest BCUT2D eigenvalue weighted by Gasteiger charge is 2.46. The van der Waals surface area contributed by atoms with E-state index in [2.05, 4.69) is 4.98 Å². The molecule has 176 valence electrons. The van der Waals surface area contributed by atoms with Crippen molar-refractivity contribution >= 4 is 17.8 Å². The number of hydrogen-bond donors (Lipinski definition) is 1. The minimum absolute atomic E-state index is 0.0156. The fourth-order valence-electron chi connectivity index (χ4n) is 4.27. The summed E-state index contributed by atoms with van der Waals surface area (Å²) >= 11 is 0. The average molecular weight is 457 g/mol. The Bertz CT molecular complexity index is 820. The number of likely N-dealkylation sites (tertiary alicyclic amines) is 2. The summed E-state index contributed by atoms with van der Waals surface area (Å²) in [7, 11) is 0. The summed E-state index contributed by atoms with van der Waals surface area (Å²) in [5, 5.41) is 7.12. The van der Waals surface area contributed by atoms with Crippen LogP contribution >= 0.6 is 0 Å². The van der Waals surface area contributed by atoms with Gasteiger partial charge in [-0.15, -0.1) is 0 Å². The molecule has 3 aliphatic heterocycles. The van der Waals surface area contributed by atoms with Crippen molar-refractivity contribution in [3.8, 4) is 0 Å². The van der Waals surface area contributed by atoms with Crippen LogP contribution in [0.1, 0.15) is 49.0 Å². The maximum atomic E-state index is 12.6. The number of aromatic nitrogens is 1. The number of hydrogen-bond acceptors (Lipinski definition) is 5. The molecule has 0 aromatic carbocycles. The Morgan fingerprint density at radius 2 is 1.66 bits per heavy atom. The molecular formula is C21H26F3N3O5. The van der Waals surface area contributed by atoms with Gasteiger partial charge in [0.2, 0.25) is 0 Å². The van der Waals surface area contributed by atoms with Gasteiger partial charge in [-0.3, -0.25) is 14.6 Å². The molecule has 1 aromatic rings. The van der Waals surface area contributed by atoms with Crippen LogP contribution in [0.25, 0.3) is 0 Å². The Balaban J connectivity index is 0.000000360. The number of piperidine rings is 1. The molecule has 1 N–H and O–H groups in total. The predicted octanol–water partition coefficient (Wildman–Crippen LogP) is 2.49. The first kappa shape index (κ1) is 24.0. The Hall–Kier alpha value is -2.69. The van der Waals surface area contributed by atoms with Gasteiger partial charge in [-0.1, -0.05) is 6.07 Å². The Kier molecular flexibility index (Phi) is 7.37. The van der Waals surface area contributed by atoms with E-state index in [0.717, 1.165) is 51.6 Å². The third-order valence-electron chi connectivity index (χ3n) is 6.04. The number of ether oxygens (including phenoxy) is 1. The molecule has 32 heavy (non-hydrogen) atoms. The number of carboxylic acid groups (broad SMARTS) is 1. The predicted molar refractivity (Wildman–Crippen MR) is 106 cm³/mol. The number of nitrogens with zero attached hydrogens (tertiary/aromatic N) is 3. The lowest BCUT2D eigenvalue weighted by atomic mass is 9.88. The zero-order valence-corrected chi connectivity index (χ0v) is 17.5. The number of carbonyl (C=O) groups excluding carboxylic acids is 2. The maximum absolute atomic E-state index is 12.6. The van der Waals surface area contributed by atoms with E-state index in [1.165, 1.54) is 0 Å². The van der Waals surface area contributed by atoms with Gasteiger partial charge in [-0.2, -0.15) is 13.2 Å². The molecule has 3 aliphatic rings. The molecule has 1 atom stereocenters.